The fourth-order valence-corrected chi connectivity index (χ4v) is 3.14. The smallest absolute Gasteiger partial charge is 0.240 e. The second-order valence-electron chi connectivity index (χ2n) is 4.88. The average molecular weight is 299 g/mol. The Balaban J connectivity index is 1.96. The van der Waals surface area contributed by atoms with Crippen LogP contribution >= 0.6 is 0 Å². The zero-order valence-electron chi connectivity index (χ0n) is 11.8. The summed E-state index contributed by atoms with van der Waals surface area (Å²) in [6, 6.07) is 6.64. The first-order valence-electron chi connectivity index (χ1n) is 6.59. The van der Waals surface area contributed by atoms with Crippen LogP contribution in [-0.2, 0) is 14.8 Å². The first-order chi connectivity index (χ1) is 9.51. The Morgan fingerprint density at radius 1 is 1.35 bits per heavy atom. The van der Waals surface area contributed by atoms with Gasteiger partial charge in [0.25, 0.3) is 0 Å². The Morgan fingerprint density at radius 2 is 2.05 bits per heavy atom. The SMILES string of the molecule is CNc1ccc(S(=O)(=O)NCC2CN(C)CCO2)cc1. The van der Waals surface area contributed by atoms with Crippen molar-refractivity contribution in [1.82, 2.24) is 9.62 Å². The fourth-order valence-electron chi connectivity index (χ4n) is 2.08. The molecule has 1 saturated heterocycles. The van der Waals surface area contributed by atoms with E-state index in [9.17, 15) is 8.42 Å². The van der Waals surface area contributed by atoms with Gasteiger partial charge in [0.05, 0.1) is 17.6 Å². The highest BCUT2D eigenvalue weighted by Crippen LogP contribution is 2.13. The van der Waals surface area contributed by atoms with E-state index >= 15 is 0 Å². The zero-order valence-corrected chi connectivity index (χ0v) is 12.6. The lowest BCUT2D eigenvalue weighted by atomic mass is 10.3. The second kappa shape index (κ2) is 6.53. The molecule has 0 aromatic heterocycles. The van der Waals surface area contributed by atoms with E-state index in [2.05, 4.69) is 14.9 Å². The lowest BCUT2D eigenvalue weighted by Gasteiger charge is -2.30. The molecule has 112 valence electrons. The number of anilines is 1. The molecular weight excluding hydrogens is 278 g/mol. The highest BCUT2D eigenvalue weighted by Gasteiger charge is 2.21. The predicted octanol–water partition coefficient (Wildman–Crippen LogP) is 0.337. The third-order valence-electron chi connectivity index (χ3n) is 3.30. The van der Waals surface area contributed by atoms with E-state index in [-0.39, 0.29) is 11.0 Å². The third kappa shape index (κ3) is 3.92. The number of ether oxygens (including phenoxy) is 1. The minimum Gasteiger partial charge on any atom is -0.388 e. The van der Waals surface area contributed by atoms with Crippen LogP contribution in [0.4, 0.5) is 5.69 Å². The van der Waals surface area contributed by atoms with Crippen molar-refractivity contribution >= 4 is 15.7 Å². The standard InChI is InChI=1S/C13H21N3O3S/c1-14-11-3-5-13(6-4-11)20(17,18)15-9-12-10-16(2)7-8-19-12/h3-6,12,14-15H,7-10H2,1-2H3. The highest BCUT2D eigenvalue weighted by atomic mass is 32.2. The number of nitrogens with one attached hydrogen (secondary N) is 2. The Bertz CT molecular complexity index is 530. The molecule has 7 heteroatoms. The molecule has 0 saturated carbocycles. The summed E-state index contributed by atoms with van der Waals surface area (Å²) in [7, 11) is 0.312. The maximum Gasteiger partial charge on any atom is 0.240 e. The number of nitrogens with zero attached hydrogens (tertiary/aromatic N) is 1. The molecule has 0 radical (unpaired) electrons. The van der Waals surface area contributed by atoms with Crippen molar-refractivity contribution in [3.05, 3.63) is 24.3 Å². The number of hydrogen-bond acceptors (Lipinski definition) is 5. The van der Waals surface area contributed by atoms with E-state index in [1.165, 1.54) is 0 Å². The molecule has 0 amide bonds. The van der Waals surface area contributed by atoms with Gasteiger partial charge < -0.3 is 15.0 Å². The van der Waals surface area contributed by atoms with Crippen LogP contribution in [0.25, 0.3) is 0 Å². The van der Waals surface area contributed by atoms with Gasteiger partial charge in [0.2, 0.25) is 10.0 Å². The minimum absolute atomic E-state index is 0.0971. The zero-order chi connectivity index (χ0) is 14.6. The van der Waals surface area contributed by atoms with Crippen LogP contribution in [0.2, 0.25) is 0 Å². The van der Waals surface area contributed by atoms with Crippen LogP contribution in [0.15, 0.2) is 29.2 Å². The molecule has 0 bridgehead atoms. The molecule has 1 aromatic carbocycles. The lowest BCUT2D eigenvalue weighted by Crippen LogP contribution is -2.45. The number of morpholine rings is 1. The summed E-state index contributed by atoms with van der Waals surface area (Å²) in [5.41, 5.74) is 0.876. The van der Waals surface area contributed by atoms with Crippen molar-refractivity contribution in [2.24, 2.45) is 0 Å². The van der Waals surface area contributed by atoms with Gasteiger partial charge >= 0.3 is 0 Å². The Labute approximate surface area is 120 Å². The Morgan fingerprint density at radius 3 is 2.65 bits per heavy atom. The van der Waals surface area contributed by atoms with Gasteiger partial charge in [-0.2, -0.15) is 0 Å². The van der Waals surface area contributed by atoms with Crippen LogP contribution in [0, 0.1) is 0 Å². The number of rotatable bonds is 5. The van der Waals surface area contributed by atoms with Crippen LogP contribution in [-0.4, -0.2) is 59.8 Å². The summed E-state index contributed by atoms with van der Waals surface area (Å²) in [5.74, 6) is 0. The van der Waals surface area contributed by atoms with Crippen molar-refractivity contribution in [2.75, 3.05) is 45.7 Å². The van der Waals surface area contributed by atoms with Crippen LogP contribution in [0.1, 0.15) is 0 Å². The molecule has 6 nitrogen and oxygen atoms in total. The molecule has 2 rings (SSSR count). The van der Waals surface area contributed by atoms with E-state index in [4.69, 9.17) is 4.74 Å². The minimum atomic E-state index is -3.48. The summed E-state index contributed by atoms with van der Waals surface area (Å²) >= 11 is 0. The molecule has 20 heavy (non-hydrogen) atoms. The molecule has 0 aliphatic carbocycles. The normalized spacial score (nSPS) is 20.8. The van der Waals surface area contributed by atoms with Gasteiger partial charge in [-0.1, -0.05) is 0 Å². The molecular formula is C13H21N3O3S. The summed E-state index contributed by atoms with van der Waals surface area (Å²) in [6.07, 6.45) is -0.0971. The number of likely N-dealkylation sites (N-methyl/N-ethyl adjacent to an activating group) is 1. The van der Waals surface area contributed by atoms with Gasteiger partial charge in [-0.05, 0) is 31.3 Å². The maximum atomic E-state index is 12.2. The molecule has 0 spiro atoms. The molecule has 1 atom stereocenters. The Hall–Kier alpha value is -1.15. The first-order valence-corrected chi connectivity index (χ1v) is 8.07. The molecule has 1 aromatic rings. The molecule has 1 heterocycles. The van der Waals surface area contributed by atoms with E-state index in [0.717, 1.165) is 18.8 Å². The average Bonchev–Trinajstić information content (AvgIpc) is 2.45. The van der Waals surface area contributed by atoms with Crippen molar-refractivity contribution in [2.45, 2.75) is 11.0 Å². The summed E-state index contributed by atoms with van der Waals surface area (Å²) in [6.45, 7) is 2.55. The monoisotopic (exact) mass is 299 g/mol. The van der Waals surface area contributed by atoms with E-state index < -0.39 is 10.0 Å². The molecule has 1 aliphatic heterocycles. The highest BCUT2D eigenvalue weighted by molar-refractivity contribution is 7.89. The van der Waals surface area contributed by atoms with Crippen LogP contribution in [0.3, 0.4) is 0 Å². The van der Waals surface area contributed by atoms with Crippen molar-refractivity contribution in [1.29, 1.82) is 0 Å². The van der Waals surface area contributed by atoms with Gasteiger partial charge in [-0.3, -0.25) is 0 Å². The van der Waals surface area contributed by atoms with Crippen LogP contribution in [0.5, 0.6) is 0 Å². The van der Waals surface area contributed by atoms with Gasteiger partial charge in [0, 0.05) is 32.4 Å². The number of sulfonamides is 1. The van der Waals surface area contributed by atoms with Gasteiger partial charge in [-0.15, -0.1) is 0 Å². The molecule has 1 unspecified atom stereocenters. The quantitative estimate of drug-likeness (QED) is 0.820. The molecule has 1 fully saturated rings. The largest absolute Gasteiger partial charge is 0.388 e. The predicted molar refractivity (Wildman–Crippen MR) is 78.4 cm³/mol. The summed E-state index contributed by atoms with van der Waals surface area (Å²) in [5, 5.41) is 2.95. The summed E-state index contributed by atoms with van der Waals surface area (Å²) < 4.78 is 32.5. The van der Waals surface area contributed by atoms with Gasteiger partial charge in [0.15, 0.2) is 0 Å². The topological polar surface area (TPSA) is 70.7 Å². The van der Waals surface area contributed by atoms with Crippen molar-refractivity contribution < 1.29 is 13.2 Å². The van der Waals surface area contributed by atoms with Gasteiger partial charge in [0.1, 0.15) is 0 Å². The van der Waals surface area contributed by atoms with E-state index in [0.29, 0.717) is 13.2 Å². The molecule has 2 N–H and O–H groups in total. The van der Waals surface area contributed by atoms with Gasteiger partial charge in [-0.25, -0.2) is 13.1 Å². The maximum absolute atomic E-state index is 12.2. The summed E-state index contributed by atoms with van der Waals surface area (Å²) in [4.78, 5) is 2.39. The number of hydrogen-bond donors (Lipinski definition) is 2. The lowest BCUT2D eigenvalue weighted by molar-refractivity contribution is -0.0156. The molecule has 1 aliphatic rings. The second-order valence-corrected chi connectivity index (χ2v) is 6.65. The first kappa shape index (κ1) is 15.2. The van der Waals surface area contributed by atoms with E-state index in [1.807, 2.05) is 7.05 Å². The fraction of sp³-hybridized carbons (Fsp3) is 0.538. The van der Waals surface area contributed by atoms with Crippen LogP contribution < -0.4 is 10.0 Å². The Kier molecular flexibility index (Phi) is 4.98. The van der Waals surface area contributed by atoms with Crippen molar-refractivity contribution in [3.8, 4) is 0 Å². The number of benzene rings is 1. The van der Waals surface area contributed by atoms with Crippen molar-refractivity contribution in [3.63, 3.8) is 0 Å². The van der Waals surface area contributed by atoms with E-state index in [1.54, 1.807) is 31.3 Å². The third-order valence-corrected chi connectivity index (χ3v) is 4.74.